The van der Waals surface area contributed by atoms with Crippen molar-refractivity contribution in [2.24, 2.45) is 16.8 Å². The lowest BCUT2D eigenvalue weighted by molar-refractivity contribution is -0.145. The number of nitrogens with zero attached hydrogens (tertiary/aromatic N) is 3. The molecule has 2 unspecified atom stereocenters. The molecule has 0 saturated carbocycles. The van der Waals surface area contributed by atoms with Crippen molar-refractivity contribution < 1.29 is 14.1 Å². The van der Waals surface area contributed by atoms with Gasteiger partial charge in [0.15, 0.2) is 11.7 Å². The Morgan fingerprint density at radius 1 is 1.38 bits per heavy atom. The average Bonchev–Trinajstić information content (AvgIpc) is 3.29. The van der Waals surface area contributed by atoms with E-state index in [-0.39, 0.29) is 17.8 Å². The molecule has 1 fully saturated rings. The molecule has 7 heteroatoms. The number of hydrogen-bond acceptors (Lipinski definition) is 5. The summed E-state index contributed by atoms with van der Waals surface area (Å²) in [6.07, 6.45) is 0. The molecule has 1 aliphatic heterocycles. The number of methoxy groups -OCH3 is 1. The molecule has 138 valence electrons. The van der Waals surface area contributed by atoms with E-state index in [0.717, 1.165) is 29.5 Å². The fraction of sp³-hybridized carbons (Fsp3) is 0.421. The molecular formula is C19H24N4O3. The molecule has 3 rings (SSSR count). The van der Waals surface area contributed by atoms with E-state index in [9.17, 15) is 4.79 Å². The topological polar surface area (TPSA) is 80.0 Å². The molecule has 0 bridgehead atoms. The molecule has 2 aromatic rings. The molecule has 1 saturated heterocycles. The van der Waals surface area contributed by atoms with Crippen LogP contribution in [0.1, 0.15) is 12.6 Å². The second-order valence-electron chi connectivity index (χ2n) is 6.46. The van der Waals surface area contributed by atoms with E-state index < -0.39 is 0 Å². The number of likely N-dealkylation sites (tertiary alicyclic amines) is 1. The first-order valence-corrected chi connectivity index (χ1v) is 8.66. The van der Waals surface area contributed by atoms with E-state index in [0.29, 0.717) is 13.1 Å². The van der Waals surface area contributed by atoms with E-state index in [4.69, 9.17) is 9.26 Å². The zero-order valence-corrected chi connectivity index (χ0v) is 15.3. The molecule has 0 spiro atoms. The van der Waals surface area contributed by atoms with Crippen LogP contribution in [0.5, 0.6) is 0 Å². The van der Waals surface area contributed by atoms with Gasteiger partial charge < -0.3 is 19.5 Å². The Hall–Kier alpha value is -2.83. The number of nitrogens with one attached hydrogen (secondary N) is 1. The van der Waals surface area contributed by atoms with Crippen LogP contribution in [-0.2, 0) is 16.1 Å². The highest BCUT2D eigenvalue weighted by atomic mass is 16.5. The van der Waals surface area contributed by atoms with Gasteiger partial charge in [0.05, 0.1) is 19.6 Å². The first-order valence-electron chi connectivity index (χ1n) is 8.66. The van der Waals surface area contributed by atoms with Crippen molar-refractivity contribution in [2.45, 2.75) is 13.5 Å². The van der Waals surface area contributed by atoms with Crippen LogP contribution in [-0.4, -0.2) is 49.2 Å². The highest BCUT2D eigenvalue weighted by Gasteiger charge is 2.36. The maximum absolute atomic E-state index is 11.9. The van der Waals surface area contributed by atoms with E-state index in [1.54, 1.807) is 7.05 Å². The predicted molar refractivity (Wildman–Crippen MR) is 98.4 cm³/mol. The SMILES string of the molecule is CN=C(NCc1cc(-c2ccccc2)on1)N1CC(C)C(C(=O)OC)C1. The number of guanidine groups is 1. The smallest absolute Gasteiger partial charge is 0.310 e. The van der Waals surface area contributed by atoms with Gasteiger partial charge >= 0.3 is 5.97 Å². The van der Waals surface area contributed by atoms with Gasteiger partial charge in [0.2, 0.25) is 0 Å². The summed E-state index contributed by atoms with van der Waals surface area (Å²) in [4.78, 5) is 18.3. The van der Waals surface area contributed by atoms with Crippen molar-refractivity contribution in [3.63, 3.8) is 0 Å². The van der Waals surface area contributed by atoms with E-state index in [2.05, 4.69) is 27.3 Å². The molecule has 1 aromatic heterocycles. The first kappa shape index (κ1) is 18.0. The van der Waals surface area contributed by atoms with Crippen molar-refractivity contribution in [1.82, 2.24) is 15.4 Å². The number of carbonyl (C=O) groups is 1. The molecule has 1 N–H and O–H groups in total. The normalized spacial score (nSPS) is 20.3. The minimum Gasteiger partial charge on any atom is -0.469 e. The Morgan fingerprint density at radius 2 is 2.15 bits per heavy atom. The fourth-order valence-electron chi connectivity index (χ4n) is 3.23. The van der Waals surface area contributed by atoms with Crippen LogP contribution in [0.3, 0.4) is 0 Å². The quantitative estimate of drug-likeness (QED) is 0.514. The minimum absolute atomic E-state index is 0.129. The third kappa shape index (κ3) is 3.87. The molecule has 2 atom stereocenters. The molecule has 0 aliphatic carbocycles. The maximum atomic E-state index is 11.9. The Balaban J connectivity index is 1.60. The molecule has 1 aliphatic rings. The van der Waals surface area contributed by atoms with Crippen LogP contribution in [0.25, 0.3) is 11.3 Å². The standard InChI is InChI=1S/C19H24N4O3/c1-13-11-23(12-16(13)18(24)25-3)19(20-2)21-10-15-9-17(26-22-15)14-7-5-4-6-8-14/h4-9,13,16H,10-12H2,1-3H3,(H,20,21). The number of benzene rings is 1. The van der Waals surface area contributed by atoms with Crippen LogP contribution in [0.15, 0.2) is 45.9 Å². The second kappa shape index (κ2) is 8.03. The van der Waals surface area contributed by atoms with E-state index in [1.165, 1.54) is 7.11 Å². The molecule has 26 heavy (non-hydrogen) atoms. The number of carbonyl (C=O) groups excluding carboxylic acids is 1. The number of ether oxygens (including phenoxy) is 1. The maximum Gasteiger partial charge on any atom is 0.310 e. The lowest BCUT2D eigenvalue weighted by Crippen LogP contribution is -2.40. The highest BCUT2D eigenvalue weighted by molar-refractivity contribution is 5.82. The van der Waals surface area contributed by atoms with Crippen molar-refractivity contribution >= 4 is 11.9 Å². The third-order valence-corrected chi connectivity index (χ3v) is 4.67. The Bertz CT molecular complexity index is 772. The summed E-state index contributed by atoms with van der Waals surface area (Å²) < 4.78 is 10.3. The lowest BCUT2D eigenvalue weighted by atomic mass is 9.99. The van der Waals surface area contributed by atoms with Crippen LogP contribution in [0.4, 0.5) is 0 Å². The van der Waals surface area contributed by atoms with Gasteiger partial charge in [0, 0.05) is 31.8 Å². The van der Waals surface area contributed by atoms with Gasteiger partial charge in [-0.25, -0.2) is 0 Å². The van der Waals surface area contributed by atoms with Crippen molar-refractivity contribution in [3.05, 3.63) is 42.1 Å². The van der Waals surface area contributed by atoms with Gasteiger partial charge in [-0.3, -0.25) is 9.79 Å². The first-order chi connectivity index (χ1) is 12.6. The predicted octanol–water partition coefficient (Wildman–Crippen LogP) is 2.16. The van der Waals surface area contributed by atoms with E-state index >= 15 is 0 Å². The van der Waals surface area contributed by atoms with Gasteiger partial charge in [-0.15, -0.1) is 0 Å². The van der Waals surface area contributed by atoms with Gasteiger partial charge in [-0.1, -0.05) is 42.4 Å². The number of rotatable bonds is 4. The Morgan fingerprint density at radius 3 is 2.85 bits per heavy atom. The highest BCUT2D eigenvalue weighted by Crippen LogP contribution is 2.24. The number of esters is 1. The Labute approximate surface area is 153 Å². The molecular weight excluding hydrogens is 332 g/mol. The lowest BCUT2D eigenvalue weighted by Gasteiger charge is -2.21. The summed E-state index contributed by atoms with van der Waals surface area (Å²) in [7, 11) is 3.16. The van der Waals surface area contributed by atoms with Crippen molar-refractivity contribution in [3.8, 4) is 11.3 Å². The van der Waals surface area contributed by atoms with Gasteiger partial charge in [0.1, 0.15) is 5.69 Å². The molecule has 0 amide bonds. The average molecular weight is 356 g/mol. The molecule has 7 nitrogen and oxygen atoms in total. The summed E-state index contributed by atoms with van der Waals surface area (Å²) >= 11 is 0. The minimum atomic E-state index is -0.167. The Kier molecular flexibility index (Phi) is 5.55. The summed E-state index contributed by atoms with van der Waals surface area (Å²) in [5.41, 5.74) is 1.78. The largest absolute Gasteiger partial charge is 0.469 e. The number of hydrogen-bond donors (Lipinski definition) is 1. The van der Waals surface area contributed by atoms with Crippen LogP contribution in [0, 0.1) is 11.8 Å². The summed E-state index contributed by atoms with van der Waals surface area (Å²) in [6.45, 7) is 3.91. The fourth-order valence-corrected chi connectivity index (χ4v) is 3.23. The number of aromatic nitrogens is 1. The number of aliphatic imine (C=N–C) groups is 1. The van der Waals surface area contributed by atoms with Crippen molar-refractivity contribution in [1.29, 1.82) is 0 Å². The molecule has 1 aromatic carbocycles. The van der Waals surface area contributed by atoms with Gasteiger partial charge in [-0.2, -0.15) is 0 Å². The summed E-state index contributed by atoms with van der Waals surface area (Å²) in [5.74, 6) is 1.40. The molecule has 2 heterocycles. The van der Waals surface area contributed by atoms with Gasteiger partial charge in [-0.05, 0) is 5.92 Å². The summed E-state index contributed by atoms with van der Waals surface area (Å²) in [5, 5.41) is 7.40. The van der Waals surface area contributed by atoms with Crippen LogP contribution < -0.4 is 5.32 Å². The monoisotopic (exact) mass is 356 g/mol. The third-order valence-electron chi connectivity index (χ3n) is 4.67. The summed E-state index contributed by atoms with van der Waals surface area (Å²) in [6, 6.07) is 11.8. The second-order valence-corrected chi connectivity index (χ2v) is 6.46. The van der Waals surface area contributed by atoms with Crippen molar-refractivity contribution in [2.75, 3.05) is 27.2 Å². The van der Waals surface area contributed by atoms with Gasteiger partial charge in [0.25, 0.3) is 0 Å². The zero-order valence-electron chi connectivity index (χ0n) is 15.3. The van der Waals surface area contributed by atoms with Crippen LogP contribution >= 0.6 is 0 Å². The van der Waals surface area contributed by atoms with E-state index in [1.807, 2.05) is 36.4 Å². The van der Waals surface area contributed by atoms with Crippen LogP contribution in [0.2, 0.25) is 0 Å². The zero-order chi connectivity index (χ0) is 18.5. The molecule has 0 radical (unpaired) electrons.